The Labute approximate surface area is 78.8 Å². The summed E-state index contributed by atoms with van der Waals surface area (Å²) in [4.78, 5) is 0. The van der Waals surface area contributed by atoms with Gasteiger partial charge in [0.05, 0.1) is 6.20 Å². The molecule has 0 saturated carbocycles. The van der Waals surface area contributed by atoms with Crippen LogP contribution in [0.3, 0.4) is 0 Å². The first-order valence-electron chi connectivity index (χ1n) is 4.17. The predicted molar refractivity (Wildman–Crippen MR) is 49.5 cm³/mol. The summed E-state index contributed by atoms with van der Waals surface area (Å²) in [5.41, 5.74) is 2.04. The molecule has 0 spiro atoms. The molecule has 0 bridgehead atoms. The second-order valence-corrected chi connectivity index (χ2v) is 3.01. The Morgan fingerprint density at radius 2 is 2.14 bits per heavy atom. The van der Waals surface area contributed by atoms with Crippen molar-refractivity contribution in [3.05, 3.63) is 41.9 Å². The number of rotatable bonds is 0. The molecule has 0 saturated heterocycles. The lowest BCUT2D eigenvalue weighted by Gasteiger charge is -2.01. The Morgan fingerprint density at radius 1 is 1.29 bits per heavy atom. The largest absolute Gasteiger partial charge is 0.618 e. The maximum Gasteiger partial charge on any atom is 0.242 e. The zero-order chi connectivity index (χ0) is 9.54. The van der Waals surface area contributed by atoms with Gasteiger partial charge in [0.25, 0.3) is 0 Å². The minimum Gasteiger partial charge on any atom is -0.618 e. The van der Waals surface area contributed by atoms with E-state index in [9.17, 15) is 5.21 Å². The van der Waals surface area contributed by atoms with Gasteiger partial charge >= 0.3 is 0 Å². The van der Waals surface area contributed by atoms with E-state index in [0.717, 1.165) is 10.2 Å². The van der Waals surface area contributed by atoms with E-state index in [1.54, 1.807) is 16.8 Å². The van der Waals surface area contributed by atoms with Crippen molar-refractivity contribution in [1.82, 2.24) is 14.8 Å². The van der Waals surface area contributed by atoms with Crippen molar-refractivity contribution >= 4 is 16.6 Å². The summed E-state index contributed by atoms with van der Waals surface area (Å²) in [6, 6.07) is 7.28. The number of benzene rings is 1. The zero-order valence-electron chi connectivity index (χ0n) is 7.16. The highest BCUT2D eigenvalue weighted by Crippen LogP contribution is 2.10. The summed E-state index contributed by atoms with van der Waals surface area (Å²) in [5, 5.41) is 19.2. The summed E-state index contributed by atoms with van der Waals surface area (Å²) in [6.45, 7) is 0. The van der Waals surface area contributed by atoms with Crippen molar-refractivity contribution in [2.75, 3.05) is 0 Å². The molecular formula is C9H6N4O. The fourth-order valence-electron chi connectivity index (χ4n) is 1.54. The molecule has 0 N–H and O–H groups in total. The van der Waals surface area contributed by atoms with Crippen LogP contribution in [-0.4, -0.2) is 14.8 Å². The SMILES string of the molecule is [O-][n+]1cc2cnnn2c2ccccc21. The molecule has 0 unspecified atom stereocenters. The molecule has 68 valence electrons. The van der Waals surface area contributed by atoms with Gasteiger partial charge in [-0.05, 0) is 6.07 Å². The van der Waals surface area contributed by atoms with E-state index in [1.165, 1.54) is 6.20 Å². The van der Waals surface area contributed by atoms with Gasteiger partial charge in [0, 0.05) is 6.07 Å². The number of hydrogen-bond donors (Lipinski definition) is 0. The van der Waals surface area contributed by atoms with Gasteiger partial charge in [-0.1, -0.05) is 17.3 Å². The molecule has 3 aromatic rings. The Hall–Kier alpha value is -2.17. The molecule has 2 heterocycles. The Kier molecular flexibility index (Phi) is 1.25. The van der Waals surface area contributed by atoms with Crippen LogP contribution < -0.4 is 4.73 Å². The topological polar surface area (TPSA) is 57.1 Å². The maximum atomic E-state index is 11.5. The lowest BCUT2D eigenvalue weighted by molar-refractivity contribution is -0.576. The van der Waals surface area contributed by atoms with Gasteiger partial charge in [-0.2, -0.15) is 4.73 Å². The van der Waals surface area contributed by atoms with Crippen molar-refractivity contribution in [2.24, 2.45) is 0 Å². The van der Waals surface area contributed by atoms with Crippen LogP contribution in [0, 0.1) is 5.21 Å². The van der Waals surface area contributed by atoms with Gasteiger partial charge in [-0.3, -0.25) is 0 Å². The molecule has 3 rings (SSSR count). The number of hydrogen-bond acceptors (Lipinski definition) is 3. The van der Waals surface area contributed by atoms with Crippen LogP contribution in [-0.2, 0) is 0 Å². The molecule has 5 nitrogen and oxygen atoms in total. The molecule has 0 fully saturated rings. The molecule has 1 aromatic carbocycles. The van der Waals surface area contributed by atoms with Crippen LogP contribution in [0.5, 0.6) is 0 Å². The minimum absolute atomic E-state index is 0.588. The number of aromatic nitrogens is 4. The van der Waals surface area contributed by atoms with Crippen molar-refractivity contribution in [1.29, 1.82) is 0 Å². The molecule has 14 heavy (non-hydrogen) atoms. The van der Waals surface area contributed by atoms with E-state index < -0.39 is 0 Å². The number of fused-ring (bicyclic) bond motifs is 3. The van der Waals surface area contributed by atoms with Gasteiger partial charge < -0.3 is 5.21 Å². The summed E-state index contributed by atoms with van der Waals surface area (Å²) >= 11 is 0. The Morgan fingerprint density at radius 3 is 3.07 bits per heavy atom. The molecule has 0 atom stereocenters. The van der Waals surface area contributed by atoms with Gasteiger partial charge in [-0.25, -0.2) is 4.52 Å². The average molecular weight is 186 g/mol. The van der Waals surface area contributed by atoms with Crippen LogP contribution >= 0.6 is 0 Å². The zero-order valence-corrected chi connectivity index (χ0v) is 7.16. The summed E-state index contributed by atoms with van der Waals surface area (Å²) in [7, 11) is 0. The lowest BCUT2D eigenvalue weighted by atomic mass is 10.3. The molecule has 0 aliphatic rings. The van der Waals surface area contributed by atoms with Gasteiger partial charge in [-0.15, -0.1) is 5.10 Å². The van der Waals surface area contributed by atoms with E-state index in [-0.39, 0.29) is 0 Å². The van der Waals surface area contributed by atoms with Gasteiger partial charge in [0.15, 0.2) is 5.52 Å². The fourth-order valence-corrected chi connectivity index (χ4v) is 1.54. The molecule has 0 radical (unpaired) electrons. The van der Waals surface area contributed by atoms with Crippen molar-refractivity contribution < 1.29 is 4.73 Å². The van der Waals surface area contributed by atoms with Crippen molar-refractivity contribution in [3.8, 4) is 0 Å². The van der Waals surface area contributed by atoms with Gasteiger partial charge in [0.2, 0.25) is 11.7 Å². The molecule has 2 aromatic heterocycles. The number of nitrogens with zero attached hydrogens (tertiary/aromatic N) is 4. The normalized spacial score (nSPS) is 11.1. The third kappa shape index (κ3) is 0.806. The van der Waals surface area contributed by atoms with Crippen LogP contribution in [0.25, 0.3) is 16.6 Å². The van der Waals surface area contributed by atoms with E-state index in [4.69, 9.17) is 0 Å². The molecular weight excluding hydrogens is 180 g/mol. The highest BCUT2D eigenvalue weighted by molar-refractivity contribution is 5.73. The first-order chi connectivity index (χ1) is 6.86. The molecule has 0 aliphatic heterocycles. The lowest BCUT2D eigenvalue weighted by Crippen LogP contribution is -2.27. The molecule has 0 aliphatic carbocycles. The first kappa shape index (κ1) is 7.25. The highest BCUT2D eigenvalue weighted by atomic mass is 16.5. The second-order valence-electron chi connectivity index (χ2n) is 3.01. The van der Waals surface area contributed by atoms with Crippen LogP contribution in [0.15, 0.2) is 36.7 Å². The fraction of sp³-hybridized carbons (Fsp3) is 0. The van der Waals surface area contributed by atoms with E-state index in [2.05, 4.69) is 10.3 Å². The molecule has 5 heteroatoms. The third-order valence-electron chi connectivity index (χ3n) is 2.17. The first-order valence-corrected chi connectivity index (χ1v) is 4.17. The second kappa shape index (κ2) is 2.41. The van der Waals surface area contributed by atoms with Crippen LogP contribution in [0.4, 0.5) is 0 Å². The summed E-state index contributed by atoms with van der Waals surface area (Å²) < 4.78 is 2.47. The van der Waals surface area contributed by atoms with Crippen molar-refractivity contribution in [2.45, 2.75) is 0 Å². The smallest absolute Gasteiger partial charge is 0.242 e. The Balaban J connectivity index is 2.67. The number of para-hydroxylation sites is 2. The van der Waals surface area contributed by atoms with E-state index in [0.29, 0.717) is 11.0 Å². The van der Waals surface area contributed by atoms with Gasteiger partial charge in [0.1, 0.15) is 5.52 Å². The van der Waals surface area contributed by atoms with Crippen LogP contribution in [0.1, 0.15) is 0 Å². The van der Waals surface area contributed by atoms with Crippen molar-refractivity contribution in [3.63, 3.8) is 0 Å². The monoisotopic (exact) mass is 186 g/mol. The molecule has 0 amide bonds. The minimum atomic E-state index is 0.588. The average Bonchev–Trinajstić information content (AvgIpc) is 2.66. The van der Waals surface area contributed by atoms with E-state index in [1.807, 2.05) is 18.2 Å². The summed E-state index contributed by atoms with van der Waals surface area (Å²) in [6.07, 6.45) is 3.02. The summed E-state index contributed by atoms with van der Waals surface area (Å²) in [5.74, 6) is 0. The predicted octanol–water partition coefficient (Wildman–Crippen LogP) is 0.516. The maximum absolute atomic E-state index is 11.5. The van der Waals surface area contributed by atoms with E-state index >= 15 is 0 Å². The highest BCUT2D eigenvalue weighted by Gasteiger charge is 2.08. The quantitative estimate of drug-likeness (QED) is 0.380. The Bertz CT molecular complexity index is 616. The van der Waals surface area contributed by atoms with Crippen LogP contribution in [0.2, 0.25) is 0 Å². The third-order valence-corrected chi connectivity index (χ3v) is 2.17. The standard InChI is InChI=1S/C9H6N4O/c14-12-6-7-5-10-11-13(7)9-4-2-1-3-8(9)12/h1-6H.